The second-order valence-corrected chi connectivity index (χ2v) is 10.3. The number of carbonyl (C=O) groups excluding carboxylic acids is 1. The lowest BCUT2D eigenvalue weighted by Crippen LogP contribution is -2.31. The largest absolute Gasteiger partial charge is 0.337 e. The summed E-state index contributed by atoms with van der Waals surface area (Å²) in [6.45, 7) is 2.61. The molecule has 0 atom stereocenters. The van der Waals surface area contributed by atoms with Gasteiger partial charge in [-0.15, -0.1) is 0 Å². The molecule has 0 radical (unpaired) electrons. The molecule has 2 aliphatic rings. The number of thioether (sulfide) groups is 2. The van der Waals surface area contributed by atoms with Crippen LogP contribution in [0.25, 0.3) is 0 Å². The maximum Gasteiger partial charge on any atom is 0.269 e. The fraction of sp³-hybridized carbons (Fsp3) is 0.154. The molecule has 0 spiro atoms. The standard InChI is InChI=1S/C26H22ClN3OS2/c1-17-8-6-7-11-20(17)28-26-30(15-14-18-9-4-3-5-10-18)24(31)23(33-26)25-29(2)21-16-19(27)12-13-22(21)32-25/h3-13,16H,14-15H2,1-2H3/b25-23-,28-26?. The van der Waals surface area contributed by atoms with Gasteiger partial charge < -0.3 is 4.90 Å². The van der Waals surface area contributed by atoms with Crippen LogP contribution in [0.4, 0.5) is 11.4 Å². The highest BCUT2D eigenvalue weighted by molar-refractivity contribution is 8.19. The van der Waals surface area contributed by atoms with Crippen LogP contribution in [0, 0.1) is 6.92 Å². The maximum absolute atomic E-state index is 13.7. The molecule has 2 heterocycles. The molecule has 4 nitrogen and oxygen atoms in total. The number of nitrogens with zero attached hydrogens (tertiary/aromatic N) is 3. The van der Waals surface area contributed by atoms with E-state index in [2.05, 4.69) is 17.0 Å². The van der Waals surface area contributed by atoms with E-state index in [1.165, 1.54) is 17.3 Å². The van der Waals surface area contributed by atoms with E-state index in [9.17, 15) is 4.79 Å². The summed E-state index contributed by atoms with van der Waals surface area (Å²) >= 11 is 9.28. The van der Waals surface area contributed by atoms with Crippen LogP contribution >= 0.6 is 35.1 Å². The van der Waals surface area contributed by atoms with Gasteiger partial charge in [-0.25, -0.2) is 4.99 Å². The van der Waals surface area contributed by atoms with Crippen molar-refractivity contribution in [2.24, 2.45) is 4.99 Å². The minimum Gasteiger partial charge on any atom is -0.337 e. The average molecular weight is 492 g/mol. The monoisotopic (exact) mass is 491 g/mol. The molecule has 1 amide bonds. The Morgan fingerprint density at radius 1 is 0.970 bits per heavy atom. The van der Waals surface area contributed by atoms with Crippen molar-refractivity contribution in [2.75, 3.05) is 18.5 Å². The normalized spacial score (nSPS) is 19.0. The van der Waals surface area contributed by atoms with Gasteiger partial charge >= 0.3 is 0 Å². The van der Waals surface area contributed by atoms with Crippen LogP contribution in [0.2, 0.25) is 5.02 Å². The van der Waals surface area contributed by atoms with Crippen molar-refractivity contribution in [3.05, 3.63) is 98.9 Å². The number of aryl methyl sites for hydroxylation is 1. The number of anilines is 1. The van der Waals surface area contributed by atoms with Crippen LogP contribution in [0.1, 0.15) is 11.1 Å². The summed E-state index contributed by atoms with van der Waals surface area (Å²) in [4.78, 5) is 24.2. The Balaban J connectivity index is 1.51. The number of amidine groups is 1. The molecule has 2 aliphatic heterocycles. The van der Waals surface area contributed by atoms with Crippen molar-refractivity contribution in [1.29, 1.82) is 0 Å². The predicted molar refractivity (Wildman–Crippen MR) is 140 cm³/mol. The van der Waals surface area contributed by atoms with Crippen molar-refractivity contribution in [2.45, 2.75) is 18.2 Å². The Hall–Kier alpha value is -2.67. The highest BCUT2D eigenvalue weighted by Gasteiger charge is 2.39. The second kappa shape index (κ2) is 9.29. The van der Waals surface area contributed by atoms with Crippen LogP contribution in [0.3, 0.4) is 0 Å². The molecular weight excluding hydrogens is 470 g/mol. The lowest BCUT2D eigenvalue weighted by Gasteiger charge is -2.17. The molecule has 0 aliphatic carbocycles. The molecule has 3 aromatic rings. The zero-order valence-corrected chi connectivity index (χ0v) is 20.7. The van der Waals surface area contributed by atoms with Crippen LogP contribution < -0.4 is 4.90 Å². The second-order valence-electron chi connectivity index (χ2n) is 7.88. The van der Waals surface area contributed by atoms with E-state index < -0.39 is 0 Å². The minimum absolute atomic E-state index is 0.00322. The lowest BCUT2D eigenvalue weighted by atomic mass is 10.1. The van der Waals surface area contributed by atoms with E-state index in [1.54, 1.807) is 11.8 Å². The summed E-state index contributed by atoms with van der Waals surface area (Å²) in [6, 6.07) is 24.1. The molecule has 3 aromatic carbocycles. The lowest BCUT2D eigenvalue weighted by molar-refractivity contribution is -0.122. The number of fused-ring (bicyclic) bond motifs is 1. The summed E-state index contributed by atoms with van der Waals surface area (Å²) in [6.07, 6.45) is 0.765. The Bertz CT molecular complexity index is 1290. The molecule has 0 unspecified atom stereocenters. The molecule has 0 N–H and O–H groups in total. The van der Waals surface area contributed by atoms with Gasteiger partial charge in [0.1, 0.15) is 4.91 Å². The van der Waals surface area contributed by atoms with Crippen molar-refractivity contribution in [1.82, 2.24) is 4.90 Å². The molecular formula is C26H22ClN3OS2. The topological polar surface area (TPSA) is 35.9 Å². The Morgan fingerprint density at radius 2 is 1.73 bits per heavy atom. The van der Waals surface area contributed by atoms with E-state index in [0.717, 1.165) is 38.5 Å². The van der Waals surface area contributed by atoms with E-state index in [1.807, 2.05) is 79.5 Å². The number of hydrogen-bond acceptors (Lipinski definition) is 5. The molecule has 0 saturated carbocycles. The number of halogens is 1. The zero-order chi connectivity index (χ0) is 22.9. The Labute approximate surface area is 207 Å². The van der Waals surface area contributed by atoms with Crippen LogP contribution in [0.15, 0.2) is 92.6 Å². The van der Waals surface area contributed by atoms with Crippen LogP contribution in [0.5, 0.6) is 0 Å². The Morgan fingerprint density at radius 3 is 2.52 bits per heavy atom. The summed E-state index contributed by atoms with van der Waals surface area (Å²) in [5.41, 5.74) is 4.17. The number of carbonyl (C=O) groups is 1. The van der Waals surface area contributed by atoms with Gasteiger partial charge in [0.05, 0.1) is 16.4 Å². The summed E-state index contributed by atoms with van der Waals surface area (Å²) in [5.74, 6) is -0.00322. The van der Waals surface area contributed by atoms with Gasteiger partial charge in [-0.3, -0.25) is 9.69 Å². The Kier molecular flexibility index (Phi) is 6.23. The van der Waals surface area contributed by atoms with Gasteiger partial charge in [-0.2, -0.15) is 0 Å². The third kappa shape index (κ3) is 4.43. The summed E-state index contributed by atoms with van der Waals surface area (Å²) in [7, 11) is 1.98. The number of rotatable bonds is 4. The third-order valence-corrected chi connectivity index (χ3v) is 8.32. The van der Waals surface area contributed by atoms with E-state index in [-0.39, 0.29) is 5.91 Å². The summed E-state index contributed by atoms with van der Waals surface area (Å²) in [5, 5.41) is 2.32. The fourth-order valence-electron chi connectivity index (χ4n) is 3.81. The van der Waals surface area contributed by atoms with Crippen LogP contribution in [-0.4, -0.2) is 29.6 Å². The molecule has 1 saturated heterocycles. The highest BCUT2D eigenvalue weighted by atomic mass is 35.5. The van der Waals surface area contributed by atoms with Gasteiger partial charge in [-0.1, -0.05) is 71.9 Å². The van der Waals surface area contributed by atoms with Crippen molar-refractivity contribution in [3.63, 3.8) is 0 Å². The van der Waals surface area contributed by atoms with Gasteiger partial charge in [0, 0.05) is 23.5 Å². The van der Waals surface area contributed by atoms with Crippen molar-refractivity contribution < 1.29 is 4.79 Å². The van der Waals surface area contributed by atoms with E-state index in [0.29, 0.717) is 16.5 Å². The first-order valence-electron chi connectivity index (χ1n) is 10.6. The SMILES string of the molecule is Cc1ccccc1N=C1S/C(=C2\Sc3ccc(Cl)cc3N2C)C(=O)N1CCc1ccccc1. The maximum atomic E-state index is 13.7. The fourth-order valence-corrected chi connectivity index (χ4v) is 6.32. The van der Waals surface area contributed by atoms with Gasteiger partial charge in [-0.05, 0) is 60.5 Å². The number of amides is 1. The number of hydrogen-bond donors (Lipinski definition) is 0. The smallest absolute Gasteiger partial charge is 0.269 e. The number of benzene rings is 3. The molecule has 33 heavy (non-hydrogen) atoms. The minimum atomic E-state index is -0.00322. The molecule has 7 heteroatoms. The van der Waals surface area contributed by atoms with Gasteiger partial charge in [0.2, 0.25) is 0 Å². The molecule has 0 bridgehead atoms. The van der Waals surface area contributed by atoms with Gasteiger partial charge in [0.15, 0.2) is 5.17 Å². The zero-order valence-electron chi connectivity index (χ0n) is 18.3. The molecule has 0 aromatic heterocycles. The molecule has 1 fully saturated rings. The highest BCUT2D eigenvalue weighted by Crippen LogP contribution is 2.50. The van der Waals surface area contributed by atoms with Gasteiger partial charge in [0.25, 0.3) is 5.91 Å². The molecule has 166 valence electrons. The first-order valence-corrected chi connectivity index (χ1v) is 12.7. The average Bonchev–Trinajstić information content (AvgIpc) is 3.30. The van der Waals surface area contributed by atoms with Crippen molar-refractivity contribution in [3.8, 4) is 0 Å². The third-order valence-electron chi connectivity index (χ3n) is 5.65. The predicted octanol–water partition coefficient (Wildman–Crippen LogP) is 6.87. The number of para-hydroxylation sites is 1. The molecule has 5 rings (SSSR count). The summed E-state index contributed by atoms with van der Waals surface area (Å²) < 4.78 is 0. The first-order chi connectivity index (χ1) is 16.0. The number of aliphatic imine (C=N–C) groups is 1. The van der Waals surface area contributed by atoms with Crippen LogP contribution in [-0.2, 0) is 11.2 Å². The van der Waals surface area contributed by atoms with E-state index in [4.69, 9.17) is 16.6 Å². The first kappa shape index (κ1) is 22.1. The quantitative estimate of drug-likeness (QED) is 0.373. The van der Waals surface area contributed by atoms with E-state index >= 15 is 0 Å². The van der Waals surface area contributed by atoms with Crippen molar-refractivity contribution >= 4 is 57.6 Å².